The Balaban J connectivity index is 1.51. The number of aryl methyl sites for hydroxylation is 2. The highest BCUT2D eigenvalue weighted by atomic mass is 32.1. The standard InChI is InChI=1S/C26H24N4OS/c1-17-16-22(18(2)28-17)25-24(23-10-6-7-15-27-23)29-26(32)30(25)19-11-13-21(14-12-19)31-20-8-4-3-5-9-20/h3-16,24-25,28H,1-2H3,(H,29,32)/t24-,25+/m0/s1. The summed E-state index contributed by atoms with van der Waals surface area (Å²) in [6.07, 6.45) is 1.82. The van der Waals surface area contributed by atoms with Gasteiger partial charge in [0, 0.05) is 23.3 Å². The van der Waals surface area contributed by atoms with Crippen molar-refractivity contribution in [3.63, 3.8) is 0 Å². The van der Waals surface area contributed by atoms with Gasteiger partial charge in [-0.3, -0.25) is 4.98 Å². The number of nitrogens with zero attached hydrogens (tertiary/aromatic N) is 2. The summed E-state index contributed by atoms with van der Waals surface area (Å²) in [6.45, 7) is 4.18. The van der Waals surface area contributed by atoms with Crippen LogP contribution in [0.3, 0.4) is 0 Å². The molecule has 2 aromatic carbocycles. The number of rotatable bonds is 5. The minimum Gasteiger partial charge on any atom is -0.457 e. The second-order valence-corrected chi connectivity index (χ2v) is 8.33. The Morgan fingerprint density at radius 1 is 0.906 bits per heavy atom. The fraction of sp³-hybridized carbons (Fsp3) is 0.154. The van der Waals surface area contributed by atoms with E-state index in [4.69, 9.17) is 17.0 Å². The number of hydrogen-bond acceptors (Lipinski definition) is 3. The van der Waals surface area contributed by atoms with Crippen LogP contribution in [0.2, 0.25) is 0 Å². The maximum absolute atomic E-state index is 5.97. The van der Waals surface area contributed by atoms with Gasteiger partial charge in [-0.15, -0.1) is 0 Å². The fourth-order valence-electron chi connectivity index (χ4n) is 4.30. The van der Waals surface area contributed by atoms with Gasteiger partial charge in [-0.1, -0.05) is 24.3 Å². The lowest BCUT2D eigenvalue weighted by atomic mass is 9.96. The molecule has 3 heterocycles. The zero-order valence-electron chi connectivity index (χ0n) is 17.9. The van der Waals surface area contributed by atoms with E-state index in [1.807, 2.05) is 66.9 Å². The number of ether oxygens (including phenoxy) is 1. The van der Waals surface area contributed by atoms with E-state index in [2.05, 4.69) is 52.2 Å². The van der Waals surface area contributed by atoms with E-state index in [0.29, 0.717) is 5.11 Å². The molecule has 1 aliphatic heterocycles. The lowest BCUT2D eigenvalue weighted by Gasteiger charge is -2.28. The summed E-state index contributed by atoms with van der Waals surface area (Å²) in [5.41, 5.74) is 5.43. The lowest BCUT2D eigenvalue weighted by Crippen LogP contribution is -2.29. The molecule has 0 aliphatic carbocycles. The highest BCUT2D eigenvalue weighted by Crippen LogP contribution is 2.43. The molecule has 6 heteroatoms. The van der Waals surface area contributed by atoms with Gasteiger partial charge in [0.15, 0.2) is 5.11 Å². The molecule has 2 atom stereocenters. The molecule has 0 amide bonds. The first-order valence-corrected chi connectivity index (χ1v) is 11.0. The summed E-state index contributed by atoms with van der Waals surface area (Å²) < 4.78 is 5.97. The highest BCUT2D eigenvalue weighted by molar-refractivity contribution is 7.80. The average Bonchev–Trinajstić information content (AvgIpc) is 3.33. The Labute approximate surface area is 193 Å². The van der Waals surface area contributed by atoms with Crippen molar-refractivity contribution < 1.29 is 4.74 Å². The van der Waals surface area contributed by atoms with Crippen LogP contribution in [0.5, 0.6) is 11.5 Å². The van der Waals surface area contributed by atoms with Crippen molar-refractivity contribution in [2.24, 2.45) is 0 Å². The minimum absolute atomic E-state index is 0.0248. The molecule has 5 rings (SSSR count). The van der Waals surface area contributed by atoms with E-state index in [1.165, 1.54) is 5.56 Å². The lowest BCUT2D eigenvalue weighted by molar-refractivity contribution is 0.482. The topological polar surface area (TPSA) is 53.2 Å². The number of para-hydroxylation sites is 1. The summed E-state index contributed by atoms with van der Waals surface area (Å²) in [4.78, 5) is 10.2. The monoisotopic (exact) mass is 440 g/mol. The molecule has 2 N–H and O–H groups in total. The summed E-state index contributed by atoms with van der Waals surface area (Å²) in [5.74, 6) is 1.59. The Morgan fingerprint density at radius 2 is 1.62 bits per heavy atom. The number of pyridine rings is 1. The van der Waals surface area contributed by atoms with Crippen LogP contribution in [-0.2, 0) is 0 Å². The SMILES string of the molecule is Cc1cc([C@@H]2[C@H](c3ccccn3)NC(=S)N2c2ccc(Oc3ccccc3)cc2)c(C)[nH]1. The van der Waals surface area contributed by atoms with Gasteiger partial charge in [-0.05, 0) is 86.2 Å². The van der Waals surface area contributed by atoms with Crippen LogP contribution < -0.4 is 15.0 Å². The van der Waals surface area contributed by atoms with Crippen LogP contribution in [-0.4, -0.2) is 15.1 Å². The van der Waals surface area contributed by atoms with Gasteiger partial charge in [0.2, 0.25) is 0 Å². The molecule has 160 valence electrons. The Morgan fingerprint density at radius 3 is 2.28 bits per heavy atom. The molecule has 32 heavy (non-hydrogen) atoms. The average molecular weight is 441 g/mol. The summed E-state index contributed by atoms with van der Waals surface area (Å²) in [7, 11) is 0. The normalized spacial score (nSPS) is 17.9. The number of anilines is 1. The highest BCUT2D eigenvalue weighted by Gasteiger charge is 2.41. The molecule has 1 aliphatic rings. The summed E-state index contributed by atoms with van der Waals surface area (Å²) in [6, 6.07) is 25.9. The zero-order chi connectivity index (χ0) is 22.1. The number of hydrogen-bond donors (Lipinski definition) is 2. The largest absolute Gasteiger partial charge is 0.457 e. The molecule has 0 radical (unpaired) electrons. The van der Waals surface area contributed by atoms with Crippen molar-refractivity contribution in [1.29, 1.82) is 0 Å². The van der Waals surface area contributed by atoms with Gasteiger partial charge in [0.05, 0.1) is 17.8 Å². The van der Waals surface area contributed by atoms with Crippen LogP contribution in [0.4, 0.5) is 5.69 Å². The Hall–Kier alpha value is -3.64. The van der Waals surface area contributed by atoms with E-state index in [-0.39, 0.29) is 12.1 Å². The van der Waals surface area contributed by atoms with E-state index >= 15 is 0 Å². The third-order valence-corrected chi connectivity index (χ3v) is 6.01. The number of benzene rings is 2. The number of H-pyrrole nitrogens is 1. The maximum Gasteiger partial charge on any atom is 0.174 e. The maximum atomic E-state index is 5.97. The quantitative estimate of drug-likeness (QED) is 0.373. The predicted octanol–water partition coefficient (Wildman–Crippen LogP) is 6.00. The molecular weight excluding hydrogens is 416 g/mol. The number of aromatic nitrogens is 2. The van der Waals surface area contributed by atoms with Crippen molar-refractivity contribution >= 4 is 23.0 Å². The van der Waals surface area contributed by atoms with Gasteiger partial charge >= 0.3 is 0 Å². The first-order chi connectivity index (χ1) is 15.6. The molecule has 1 fully saturated rings. The van der Waals surface area contributed by atoms with Crippen molar-refractivity contribution in [3.8, 4) is 11.5 Å². The third-order valence-electron chi connectivity index (χ3n) is 5.70. The van der Waals surface area contributed by atoms with Gasteiger partial charge < -0.3 is 19.9 Å². The molecule has 5 nitrogen and oxygen atoms in total. The Kier molecular flexibility index (Phi) is 5.37. The minimum atomic E-state index is -0.0576. The molecule has 2 aromatic heterocycles. The van der Waals surface area contributed by atoms with Crippen molar-refractivity contribution in [1.82, 2.24) is 15.3 Å². The van der Waals surface area contributed by atoms with E-state index in [9.17, 15) is 0 Å². The second kappa shape index (κ2) is 8.48. The molecule has 0 saturated carbocycles. The Bertz CT molecular complexity index is 1220. The first-order valence-electron chi connectivity index (χ1n) is 10.6. The predicted molar refractivity (Wildman–Crippen MR) is 131 cm³/mol. The smallest absolute Gasteiger partial charge is 0.174 e. The van der Waals surface area contributed by atoms with Crippen molar-refractivity contribution in [2.45, 2.75) is 25.9 Å². The molecule has 0 unspecified atom stereocenters. The molecular formula is C26H24N4OS. The van der Waals surface area contributed by atoms with E-state index < -0.39 is 0 Å². The number of aromatic amines is 1. The van der Waals surface area contributed by atoms with Crippen molar-refractivity contribution in [2.75, 3.05) is 4.90 Å². The fourth-order valence-corrected chi connectivity index (χ4v) is 4.65. The number of thiocarbonyl (C=S) groups is 1. The van der Waals surface area contributed by atoms with Gasteiger partial charge in [-0.25, -0.2) is 0 Å². The van der Waals surface area contributed by atoms with Crippen LogP contribution in [0.25, 0.3) is 0 Å². The third kappa shape index (κ3) is 3.85. The van der Waals surface area contributed by atoms with E-state index in [0.717, 1.165) is 34.3 Å². The van der Waals surface area contributed by atoms with Crippen LogP contribution in [0.15, 0.2) is 85.1 Å². The van der Waals surface area contributed by atoms with Crippen molar-refractivity contribution in [3.05, 3.63) is 108 Å². The van der Waals surface area contributed by atoms with Gasteiger partial charge in [-0.2, -0.15) is 0 Å². The molecule has 1 saturated heterocycles. The van der Waals surface area contributed by atoms with Crippen LogP contribution in [0, 0.1) is 13.8 Å². The van der Waals surface area contributed by atoms with Crippen LogP contribution in [0.1, 0.15) is 34.7 Å². The van der Waals surface area contributed by atoms with Gasteiger partial charge in [0.1, 0.15) is 11.5 Å². The van der Waals surface area contributed by atoms with E-state index in [1.54, 1.807) is 0 Å². The zero-order valence-corrected chi connectivity index (χ0v) is 18.8. The molecule has 4 aromatic rings. The summed E-state index contributed by atoms with van der Waals surface area (Å²) >= 11 is 5.81. The number of nitrogens with one attached hydrogen (secondary N) is 2. The van der Waals surface area contributed by atoms with Gasteiger partial charge in [0.25, 0.3) is 0 Å². The molecule has 0 bridgehead atoms. The summed E-state index contributed by atoms with van der Waals surface area (Å²) in [5, 5.41) is 4.19. The second-order valence-electron chi connectivity index (χ2n) is 7.94. The first kappa shape index (κ1) is 20.3. The van der Waals surface area contributed by atoms with Crippen LogP contribution >= 0.6 is 12.2 Å². The molecule has 0 spiro atoms.